The summed E-state index contributed by atoms with van der Waals surface area (Å²) in [7, 11) is 0. The third kappa shape index (κ3) is 3.09. The molecule has 4 rings (SSSR count). The fourth-order valence-electron chi connectivity index (χ4n) is 3.04. The zero-order valence-corrected chi connectivity index (χ0v) is 15.0. The molecule has 0 radical (unpaired) electrons. The Kier molecular flexibility index (Phi) is 4.71. The molecule has 1 saturated carbocycles. The lowest BCUT2D eigenvalue weighted by atomic mass is 9.98. The minimum atomic E-state index is -0.425. The van der Waals surface area contributed by atoms with E-state index < -0.39 is 5.54 Å². The molecule has 0 aliphatic heterocycles. The second-order valence-electron chi connectivity index (χ2n) is 6.16. The lowest BCUT2D eigenvalue weighted by Gasteiger charge is -2.17. The smallest absolute Gasteiger partial charge is 0.258 e. The number of rotatable bonds is 3. The minimum absolute atomic E-state index is 0. The Labute approximate surface area is 150 Å². The SMILES string of the molecule is Cc1csc(-c2cccc(-c3nc(C4(N)CCCC4)no3)c2)n1.Cl. The maximum Gasteiger partial charge on any atom is 0.258 e. The van der Waals surface area contributed by atoms with Crippen LogP contribution in [0.3, 0.4) is 0 Å². The molecule has 2 aromatic heterocycles. The molecule has 1 aliphatic rings. The maximum atomic E-state index is 6.40. The quantitative estimate of drug-likeness (QED) is 0.750. The van der Waals surface area contributed by atoms with Crippen LogP contribution in [-0.2, 0) is 5.54 Å². The van der Waals surface area contributed by atoms with E-state index in [0.29, 0.717) is 11.7 Å². The third-order valence-electron chi connectivity index (χ3n) is 4.34. The first-order chi connectivity index (χ1) is 11.1. The Morgan fingerprint density at radius 3 is 2.62 bits per heavy atom. The number of aryl methyl sites for hydroxylation is 1. The second-order valence-corrected chi connectivity index (χ2v) is 7.02. The lowest BCUT2D eigenvalue weighted by molar-refractivity contribution is 0.372. The predicted octanol–water partition coefficient (Wildman–Crippen LogP) is 4.32. The predicted molar refractivity (Wildman–Crippen MR) is 97.2 cm³/mol. The Bertz CT molecular complexity index is 838. The molecule has 5 nitrogen and oxygen atoms in total. The standard InChI is InChI=1S/C17H18N4OS.ClH/c1-11-10-23-15(19-11)13-6-4-5-12(9-13)14-20-16(21-22-14)17(18)7-2-3-8-17;/h4-6,9-10H,2-3,7-8,18H2,1H3;1H. The summed E-state index contributed by atoms with van der Waals surface area (Å²) < 4.78 is 5.47. The molecule has 1 aromatic carbocycles. The molecule has 2 heterocycles. The molecular formula is C17H19ClN4OS. The van der Waals surface area contributed by atoms with Crippen molar-refractivity contribution < 1.29 is 4.52 Å². The summed E-state index contributed by atoms with van der Waals surface area (Å²) in [5.74, 6) is 1.15. The van der Waals surface area contributed by atoms with Gasteiger partial charge in [0.2, 0.25) is 0 Å². The van der Waals surface area contributed by atoms with E-state index in [-0.39, 0.29) is 12.4 Å². The van der Waals surface area contributed by atoms with Crippen molar-refractivity contribution in [3.8, 4) is 22.0 Å². The van der Waals surface area contributed by atoms with Crippen molar-refractivity contribution in [1.29, 1.82) is 0 Å². The maximum absolute atomic E-state index is 6.40. The Hall–Kier alpha value is -1.76. The number of thiazole rings is 1. The van der Waals surface area contributed by atoms with Gasteiger partial charge in [-0.1, -0.05) is 30.1 Å². The highest BCUT2D eigenvalue weighted by molar-refractivity contribution is 7.13. The van der Waals surface area contributed by atoms with Crippen LogP contribution in [0.5, 0.6) is 0 Å². The number of hydrogen-bond donors (Lipinski definition) is 1. The van der Waals surface area contributed by atoms with Gasteiger partial charge in [0.1, 0.15) is 5.01 Å². The van der Waals surface area contributed by atoms with Gasteiger partial charge in [-0.15, -0.1) is 23.7 Å². The van der Waals surface area contributed by atoms with Crippen LogP contribution in [0.1, 0.15) is 37.2 Å². The van der Waals surface area contributed by atoms with E-state index in [1.165, 1.54) is 0 Å². The molecule has 24 heavy (non-hydrogen) atoms. The van der Waals surface area contributed by atoms with Crippen LogP contribution >= 0.6 is 23.7 Å². The number of hydrogen-bond acceptors (Lipinski definition) is 6. The van der Waals surface area contributed by atoms with Crippen LogP contribution in [0.2, 0.25) is 0 Å². The molecule has 1 aliphatic carbocycles. The highest BCUT2D eigenvalue weighted by atomic mass is 35.5. The van der Waals surface area contributed by atoms with E-state index in [2.05, 4.69) is 15.1 Å². The molecule has 0 bridgehead atoms. The summed E-state index contributed by atoms with van der Waals surface area (Å²) in [4.78, 5) is 9.08. The van der Waals surface area contributed by atoms with Crippen LogP contribution in [0.15, 0.2) is 34.2 Å². The first-order valence-corrected chi connectivity index (χ1v) is 8.68. The van der Waals surface area contributed by atoms with Crippen molar-refractivity contribution in [1.82, 2.24) is 15.1 Å². The summed E-state index contributed by atoms with van der Waals surface area (Å²) >= 11 is 1.63. The highest BCUT2D eigenvalue weighted by Crippen LogP contribution is 2.36. The van der Waals surface area contributed by atoms with Crippen LogP contribution in [0, 0.1) is 6.92 Å². The summed E-state index contributed by atoms with van der Waals surface area (Å²) in [5.41, 5.74) is 8.96. The van der Waals surface area contributed by atoms with E-state index in [4.69, 9.17) is 10.3 Å². The Balaban J connectivity index is 0.00000169. The topological polar surface area (TPSA) is 77.8 Å². The number of nitrogens with zero attached hydrogens (tertiary/aromatic N) is 3. The molecule has 1 fully saturated rings. The first-order valence-electron chi connectivity index (χ1n) is 7.80. The van der Waals surface area contributed by atoms with Gasteiger partial charge in [0.25, 0.3) is 5.89 Å². The fourth-order valence-corrected chi connectivity index (χ4v) is 3.84. The van der Waals surface area contributed by atoms with E-state index in [1.807, 2.05) is 36.6 Å². The van der Waals surface area contributed by atoms with Crippen molar-refractivity contribution in [2.24, 2.45) is 5.73 Å². The van der Waals surface area contributed by atoms with E-state index in [1.54, 1.807) is 11.3 Å². The molecule has 0 atom stereocenters. The third-order valence-corrected chi connectivity index (χ3v) is 5.35. The normalized spacial score (nSPS) is 16.1. The van der Waals surface area contributed by atoms with Gasteiger partial charge in [-0.25, -0.2) is 4.98 Å². The van der Waals surface area contributed by atoms with Gasteiger partial charge < -0.3 is 10.3 Å². The molecule has 3 aromatic rings. The number of halogens is 1. The van der Waals surface area contributed by atoms with E-state index in [0.717, 1.165) is 47.5 Å². The molecule has 2 N–H and O–H groups in total. The zero-order valence-electron chi connectivity index (χ0n) is 13.4. The van der Waals surface area contributed by atoms with E-state index in [9.17, 15) is 0 Å². The average molecular weight is 363 g/mol. The van der Waals surface area contributed by atoms with Crippen LogP contribution < -0.4 is 5.73 Å². The fraction of sp³-hybridized carbons (Fsp3) is 0.353. The second kappa shape index (κ2) is 6.63. The molecule has 0 unspecified atom stereocenters. The molecule has 0 amide bonds. The number of nitrogens with two attached hydrogens (primary N) is 1. The van der Waals surface area contributed by atoms with Crippen molar-refractivity contribution in [2.45, 2.75) is 38.1 Å². The van der Waals surface area contributed by atoms with Gasteiger partial charge in [-0.2, -0.15) is 4.98 Å². The van der Waals surface area contributed by atoms with Gasteiger partial charge in [0.05, 0.1) is 5.54 Å². The van der Waals surface area contributed by atoms with Crippen molar-refractivity contribution in [3.05, 3.63) is 41.2 Å². The summed E-state index contributed by atoms with van der Waals surface area (Å²) in [6, 6.07) is 8.03. The van der Waals surface area contributed by atoms with Gasteiger partial charge >= 0.3 is 0 Å². The van der Waals surface area contributed by atoms with Crippen molar-refractivity contribution >= 4 is 23.7 Å². The van der Waals surface area contributed by atoms with Gasteiger partial charge in [0, 0.05) is 22.2 Å². The molecule has 7 heteroatoms. The number of benzene rings is 1. The Morgan fingerprint density at radius 2 is 1.92 bits per heavy atom. The van der Waals surface area contributed by atoms with Crippen LogP contribution in [-0.4, -0.2) is 15.1 Å². The van der Waals surface area contributed by atoms with Gasteiger partial charge in [-0.05, 0) is 31.9 Å². The summed E-state index contributed by atoms with van der Waals surface area (Å²) in [6.45, 7) is 2.00. The zero-order chi connectivity index (χ0) is 15.9. The molecular weight excluding hydrogens is 344 g/mol. The lowest BCUT2D eigenvalue weighted by Crippen LogP contribution is -2.34. The minimum Gasteiger partial charge on any atom is -0.334 e. The first kappa shape index (κ1) is 17.1. The van der Waals surface area contributed by atoms with Crippen molar-refractivity contribution in [2.75, 3.05) is 0 Å². The van der Waals surface area contributed by atoms with Crippen molar-refractivity contribution in [3.63, 3.8) is 0 Å². The summed E-state index contributed by atoms with van der Waals surface area (Å²) in [6.07, 6.45) is 4.09. The summed E-state index contributed by atoms with van der Waals surface area (Å²) in [5, 5.41) is 7.17. The molecule has 0 spiro atoms. The van der Waals surface area contributed by atoms with Gasteiger partial charge in [-0.3, -0.25) is 0 Å². The largest absolute Gasteiger partial charge is 0.334 e. The number of aromatic nitrogens is 3. The Morgan fingerprint density at radius 1 is 1.17 bits per heavy atom. The highest BCUT2D eigenvalue weighted by Gasteiger charge is 2.36. The van der Waals surface area contributed by atoms with Gasteiger partial charge in [0.15, 0.2) is 5.82 Å². The van der Waals surface area contributed by atoms with E-state index >= 15 is 0 Å². The average Bonchev–Trinajstić information content (AvgIpc) is 3.28. The van der Waals surface area contributed by atoms with Crippen LogP contribution in [0.4, 0.5) is 0 Å². The molecule has 0 saturated heterocycles. The van der Waals surface area contributed by atoms with Crippen LogP contribution in [0.25, 0.3) is 22.0 Å². The molecule has 126 valence electrons. The monoisotopic (exact) mass is 362 g/mol.